The third-order valence-electron chi connectivity index (χ3n) is 5.80. The monoisotopic (exact) mass is 477 g/mol. The molecule has 7 nitrogen and oxygen atoms in total. The van der Waals surface area contributed by atoms with E-state index in [1.54, 1.807) is 54.6 Å². The van der Waals surface area contributed by atoms with Crippen LogP contribution in [0.15, 0.2) is 83.8 Å². The zero-order valence-electron chi connectivity index (χ0n) is 18.7. The van der Waals surface area contributed by atoms with Crippen LogP contribution in [-0.2, 0) is 14.8 Å². The van der Waals surface area contributed by atoms with Crippen molar-refractivity contribution < 1.29 is 18.0 Å². The fraction of sp³-hybridized carbons (Fsp3) is 0.231. The minimum absolute atomic E-state index is 0.00105. The zero-order valence-corrected chi connectivity index (χ0v) is 19.5. The molecule has 2 amide bonds. The molecule has 0 bridgehead atoms. The van der Waals surface area contributed by atoms with Crippen LogP contribution in [-0.4, -0.2) is 20.2 Å². The molecule has 34 heavy (non-hydrogen) atoms. The summed E-state index contributed by atoms with van der Waals surface area (Å²) in [6.07, 6.45) is 5.04. The van der Waals surface area contributed by atoms with Gasteiger partial charge in [-0.1, -0.05) is 49.6 Å². The Labute approximate surface area is 199 Å². The largest absolute Gasteiger partial charge is 0.326 e. The highest BCUT2D eigenvalue weighted by atomic mass is 32.2. The molecule has 1 fully saturated rings. The van der Waals surface area contributed by atoms with Gasteiger partial charge in [0.1, 0.15) is 0 Å². The predicted molar refractivity (Wildman–Crippen MR) is 133 cm³/mol. The van der Waals surface area contributed by atoms with Gasteiger partial charge in [-0.05, 0) is 61.4 Å². The zero-order chi connectivity index (χ0) is 24.0. The van der Waals surface area contributed by atoms with Crippen LogP contribution in [0.1, 0.15) is 42.5 Å². The molecule has 8 heteroatoms. The van der Waals surface area contributed by atoms with Crippen molar-refractivity contribution in [2.45, 2.75) is 37.0 Å². The van der Waals surface area contributed by atoms with Gasteiger partial charge in [-0.2, -0.15) is 0 Å². The van der Waals surface area contributed by atoms with Gasteiger partial charge >= 0.3 is 0 Å². The van der Waals surface area contributed by atoms with Crippen LogP contribution in [0, 0.1) is 5.92 Å². The van der Waals surface area contributed by atoms with Crippen LogP contribution in [0.4, 0.5) is 17.1 Å². The molecule has 1 saturated carbocycles. The van der Waals surface area contributed by atoms with Gasteiger partial charge in [-0.3, -0.25) is 14.3 Å². The molecule has 0 saturated heterocycles. The molecule has 0 unspecified atom stereocenters. The topological polar surface area (TPSA) is 104 Å². The van der Waals surface area contributed by atoms with Crippen molar-refractivity contribution in [3.63, 3.8) is 0 Å². The van der Waals surface area contributed by atoms with E-state index < -0.39 is 15.9 Å². The van der Waals surface area contributed by atoms with E-state index in [-0.39, 0.29) is 22.3 Å². The summed E-state index contributed by atoms with van der Waals surface area (Å²) >= 11 is 0. The van der Waals surface area contributed by atoms with E-state index >= 15 is 0 Å². The Balaban J connectivity index is 1.45. The van der Waals surface area contributed by atoms with Crippen molar-refractivity contribution >= 4 is 38.9 Å². The first-order valence-corrected chi connectivity index (χ1v) is 12.8. The lowest BCUT2D eigenvalue weighted by molar-refractivity contribution is -0.120. The molecule has 0 aromatic heterocycles. The second-order valence-corrected chi connectivity index (χ2v) is 10.0. The smallest absolute Gasteiger partial charge is 0.261 e. The van der Waals surface area contributed by atoms with Gasteiger partial charge < -0.3 is 10.6 Å². The molecule has 0 spiro atoms. The summed E-state index contributed by atoms with van der Waals surface area (Å²) in [6, 6.07) is 21.4. The molecule has 0 atom stereocenters. The maximum Gasteiger partial charge on any atom is 0.261 e. The second-order valence-electron chi connectivity index (χ2n) is 8.36. The number of hydrogen-bond acceptors (Lipinski definition) is 4. The molecule has 3 aromatic carbocycles. The third-order valence-corrected chi connectivity index (χ3v) is 7.18. The fourth-order valence-electron chi connectivity index (χ4n) is 4.01. The fourth-order valence-corrected chi connectivity index (χ4v) is 5.11. The van der Waals surface area contributed by atoms with E-state index in [2.05, 4.69) is 15.4 Å². The van der Waals surface area contributed by atoms with E-state index in [0.717, 1.165) is 32.1 Å². The maximum atomic E-state index is 13.0. The van der Waals surface area contributed by atoms with E-state index in [0.29, 0.717) is 17.1 Å². The Morgan fingerprint density at radius 3 is 2.15 bits per heavy atom. The third kappa shape index (κ3) is 6.02. The SMILES string of the molecule is O=C(Nc1ccccc1)c1cccc(S(=O)(=O)Nc2cccc(NC(=O)C3CCCCC3)c2)c1. The second kappa shape index (κ2) is 10.5. The number of nitrogens with one attached hydrogen (secondary N) is 3. The molecule has 0 heterocycles. The molecular formula is C26H27N3O4S. The summed E-state index contributed by atoms with van der Waals surface area (Å²) in [4.78, 5) is 25.1. The summed E-state index contributed by atoms with van der Waals surface area (Å²) in [5.74, 6) is -0.439. The van der Waals surface area contributed by atoms with Crippen LogP contribution in [0.2, 0.25) is 0 Å². The number of hydrogen-bond donors (Lipinski definition) is 3. The molecular weight excluding hydrogens is 450 g/mol. The average Bonchev–Trinajstić information content (AvgIpc) is 2.85. The Hall–Kier alpha value is -3.65. The Morgan fingerprint density at radius 1 is 0.706 bits per heavy atom. The van der Waals surface area contributed by atoms with Gasteiger partial charge in [0.15, 0.2) is 0 Å². The lowest BCUT2D eigenvalue weighted by Gasteiger charge is -2.21. The molecule has 176 valence electrons. The predicted octanol–water partition coefficient (Wildman–Crippen LogP) is 5.26. The summed E-state index contributed by atoms with van der Waals surface area (Å²) in [6.45, 7) is 0. The van der Waals surface area contributed by atoms with Crippen molar-refractivity contribution in [1.29, 1.82) is 0 Å². The highest BCUT2D eigenvalue weighted by Crippen LogP contribution is 2.26. The van der Waals surface area contributed by atoms with Gasteiger partial charge in [0.25, 0.3) is 15.9 Å². The lowest BCUT2D eigenvalue weighted by Crippen LogP contribution is -2.24. The summed E-state index contributed by atoms with van der Waals surface area (Å²) in [7, 11) is -3.95. The van der Waals surface area contributed by atoms with Crippen LogP contribution in [0.25, 0.3) is 0 Å². The van der Waals surface area contributed by atoms with Gasteiger partial charge in [-0.25, -0.2) is 8.42 Å². The van der Waals surface area contributed by atoms with Crippen LogP contribution in [0.3, 0.4) is 0 Å². The maximum absolute atomic E-state index is 13.0. The highest BCUT2D eigenvalue weighted by molar-refractivity contribution is 7.92. The number of sulfonamides is 1. The molecule has 0 aliphatic heterocycles. The minimum Gasteiger partial charge on any atom is -0.326 e. The summed E-state index contributed by atoms with van der Waals surface area (Å²) in [5.41, 5.74) is 1.69. The summed E-state index contributed by atoms with van der Waals surface area (Å²) < 4.78 is 28.5. The van der Waals surface area contributed by atoms with E-state index in [9.17, 15) is 18.0 Å². The van der Waals surface area contributed by atoms with Gasteiger partial charge in [0.2, 0.25) is 5.91 Å². The van der Waals surface area contributed by atoms with Crippen molar-refractivity contribution in [2.75, 3.05) is 15.4 Å². The molecule has 1 aliphatic rings. The minimum atomic E-state index is -3.95. The molecule has 4 rings (SSSR count). The average molecular weight is 478 g/mol. The Morgan fingerprint density at radius 2 is 1.38 bits per heavy atom. The summed E-state index contributed by atoms with van der Waals surface area (Å²) in [5, 5.41) is 5.64. The number of rotatable bonds is 7. The van der Waals surface area contributed by atoms with Gasteiger partial charge in [0.05, 0.1) is 10.6 Å². The van der Waals surface area contributed by atoms with Crippen molar-refractivity contribution in [3.05, 3.63) is 84.4 Å². The van der Waals surface area contributed by atoms with E-state index in [4.69, 9.17) is 0 Å². The normalized spacial score (nSPS) is 14.2. The molecule has 3 N–H and O–H groups in total. The molecule has 1 aliphatic carbocycles. The highest BCUT2D eigenvalue weighted by Gasteiger charge is 2.21. The number of anilines is 3. The van der Waals surface area contributed by atoms with Crippen LogP contribution in [0.5, 0.6) is 0 Å². The van der Waals surface area contributed by atoms with Crippen molar-refractivity contribution in [2.24, 2.45) is 5.92 Å². The number of amides is 2. The first-order valence-electron chi connectivity index (χ1n) is 11.3. The van der Waals surface area contributed by atoms with Crippen LogP contribution < -0.4 is 15.4 Å². The van der Waals surface area contributed by atoms with Gasteiger partial charge in [0, 0.05) is 22.9 Å². The standard InChI is InChI=1S/C26H27N3O4S/c30-25(19-9-3-1-4-10-19)28-22-14-8-15-23(18-22)29-34(32,33)24-16-7-11-20(17-24)26(31)27-21-12-5-2-6-13-21/h2,5-8,11-19,29H,1,3-4,9-10H2,(H,27,31)(H,28,30). The number of para-hydroxylation sites is 1. The van der Waals surface area contributed by atoms with Gasteiger partial charge in [-0.15, -0.1) is 0 Å². The lowest BCUT2D eigenvalue weighted by atomic mass is 9.88. The first-order chi connectivity index (χ1) is 16.4. The molecule has 0 radical (unpaired) electrons. The Kier molecular flexibility index (Phi) is 7.27. The number of benzene rings is 3. The van der Waals surface area contributed by atoms with Crippen molar-refractivity contribution in [1.82, 2.24) is 0 Å². The van der Waals surface area contributed by atoms with Crippen molar-refractivity contribution in [3.8, 4) is 0 Å². The van der Waals surface area contributed by atoms with E-state index in [1.807, 2.05) is 6.07 Å². The number of carbonyl (C=O) groups is 2. The molecule has 3 aromatic rings. The first kappa shape index (κ1) is 23.5. The van der Waals surface area contributed by atoms with Crippen LogP contribution >= 0.6 is 0 Å². The quantitative estimate of drug-likeness (QED) is 0.432. The Bertz CT molecular complexity index is 1270. The number of carbonyl (C=O) groups excluding carboxylic acids is 2. The van der Waals surface area contributed by atoms with E-state index in [1.165, 1.54) is 18.2 Å².